The number of benzene rings is 1. The minimum Gasteiger partial charge on any atom is -0.478 e. The second kappa shape index (κ2) is 4.57. The highest BCUT2D eigenvalue weighted by Crippen LogP contribution is 2.22. The molecular weight excluding hydrogens is 262 g/mol. The number of hydrogen-bond acceptors (Lipinski definition) is 6. The van der Waals surface area contributed by atoms with Crippen molar-refractivity contribution < 1.29 is 14.6 Å². The van der Waals surface area contributed by atoms with Gasteiger partial charge in [0.1, 0.15) is 5.75 Å². The quantitative estimate of drug-likeness (QED) is 0.766. The highest BCUT2D eigenvalue weighted by Gasteiger charge is 2.09. The van der Waals surface area contributed by atoms with Gasteiger partial charge in [-0.05, 0) is 47.2 Å². The molecule has 0 amide bonds. The van der Waals surface area contributed by atoms with E-state index in [2.05, 4.69) is 20.6 Å². The Morgan fingerprint density at radius 2 is 2.15 bits per heavy atom. The maximum atomic E-state index is 10.9. The topological polar surface area (TPSA) is 103 Å². The summed E-state index contributed by atoms with van der Waals surface area (Å²) in [4.78, 5) is 10.9. The van der Waals surface area contributed by atoms with E-state index in [1.165, 1.54) is 10.7 Å². The molecule has 20 heavy (non-hydrogen) atoms. The monoisotopic (exact) mass is 271 g/mol. The van der Waals surface area contributed by atoms with E-state index in [1.807, 2.05) is 0 Å². The molecule has 0 spiro atoms. The van der Waals surface area contributed by atoms with Gasteiger partial charge in [0.05, 0.1) is 5.56 Å². The van der Waals surface area contributed by atoms with Crippen molar-refractivity contribution in [3.8, 4) is 11.6 Å². The zero-order valence-corrected chi connectivity index (χ0v) is 10.4. The molecule has 3 aromatic rings. The van der Waals surface area contributed by atoms with E-state index in [9.17, 15) is 4.79 Å². The highest BCUT2D eigenvalue weighted by molar-refractivity contribution is 5.89. The van der Waals surface area contributed by atoms with Crippen LogP contribution < -0.4 is 4.74 Å². The Balaban J connectivity index is 1.90. The molecule has 100 valence electrons. The maximum absolute atomic E-state index is 10.9. The molecule has 0 radical (unpaired) electrons. The Bertz CT molecular complexity index is 799. The standard InChI is InChI=1S/C12H9N5O3/c1-7-6-8(2-3-9(7)12(18)19)20-11-5-4-10-13-15-16-17(10)14-11/h2-6H,1H3,(H,18,19). The van der Waals surface area contributed by atoms with Crippen LogP contribution in [0, 0.1) is 6.92 Å². The SMILES string of the molecule is Cc1cc(Oc2ccc3nnnn3n2)ccc1C(=O)O. The van der Waals surface area contributed by atoms with Crippen molar-refractivity contribution in [2.24, 2.45) is 0 Å². The molecule has 1 aromatic carbocycles. The van der Waals surface area contributed by atoms with Gasteiger partial charge < -0.3 is 9.84 Å². The normalized spacial score (nSPS) is 10.7. The molecule has 0 unspecified atom stereocenters. The van der Waals surface area contributed by atoms with Gasteiger partial charge in [0.15, 0.2) is 5.65 Å². The van der Waals surface area contributed by atoms with E-state index in [-0.39, 0.29) is 5.56 Å². The molecule has 0 aliphatic carbocycles. The van der Waals surface area contributed by atoms with Gasteiger partial charge in [-0.3, -0.25) is 0 Å². The van der Waals surface area contributed by atoms with Crippen LogP contribution in [-0.4, -0.2) is 36.3 Å². The molecule has 0 bridgehead atoms. The molecule has 0 aliphatic heterocycles. The lowest BCUT2D eigenvalue weighted by molar-refractivity contribution is 0.0696. The number of tetrazole rings is 1. The van der Waals surface area contributed by atoms with Gasteiger partial charge in [0.25, 0.3) is 0 Å². The molecule has 0 fully saturated rings. The number of carboxylic acids is 1. The number of carbonyl (C=O) groups is 1. The second-order valence-electron chi connectivity index (χ2n) is 4.08. The van der Waals surface area contributed by atoms with E-state index in [1.54, 1.807) is 31.2 Å². The van der Waals surface area contributed by atoms with Crippen LogP contribution in [0.15, 0.2) is 30.3 Å². The van der Waals surface area contributed by atoms with Crippen LogP contribution in [0.2, 0.25) is 0 Å². The number of aromatic carboxylic acids is 1. The molecule has 0 atom stereocenters. The van der Waals surface area contributed by atoms with E-state index >= 15 is 0 Å². The number of nitrogens with zero attached hydrogens (tertiary/aromatic N) is 5. The van der Waals surface area contributed by atoms with Crippen LogP contribution in [0.3, 0.4) is 0 Å². The lowest BCUT2D eigenvalue weighted by atomic mass is 10.1. The summed E-state index contributed by atoms with van der Waals surface area (Å²) in [5, 5.41) is 23.9. The van der Waals surface area contributed by atoms with Gasteiger partial charge >= 0.3 is 5.97 Å². The van der Waals surface area contributed by atoms with Crippen molar-refractivity contribution in [2.75, 3.05) is 0 Å². The molecule has 8 heteroatoms. The molecule has 0 aliphatic rings. The Hall–Kier alpha value is -3.03. The molecule has 0 saturated heterocycles. The molecule has 8 nitrogen and oxygen atoms in total. The molecule has 3 rings (SSSR count). The number of aryl methyl sites for hydroxylation is 1. The highest BCUT2D eigenvalue weighted by atomic mass is 16.5. The lowest BCUT2D eigenvalue weighted by Gasteiger charge is -2.06. The number of carboxylic acid groups (broad SMARTS) is 1. The molecule has 2 heterocycles. The summed E-state index contributed by atoms with van der Waals surface area (Å²) in [5.74, 6) is -0.165. The number of rotatable bonds is 3. The summed E-state index contributed by atoms with van der Waals surface area (Å²) in [6.07, 6.45) is 0. The maximum Gasteiger partial charge on any atom is 0.335 e. The fourth-order valence-corrected chi connectivity index (χ4v) is 1.75. The minimum atomic E-state index is -0.970. The van der Waals surface area contributed by atoms with Crippen LogP contribution in [0.25, 0.3) is 5.65 Å². The second-order valence-corrected chi connectivity index (χ2v) is 4.08. The summed E-state index contributed by atoms with van der Waals surface area (Å²) >= 11 is 0. The van der Waals surface area contributed by atoms with Crippen LogP contribution in [0.1, 0.15) is 15.9 Å². The largest absolute Gasteiger partial charge is 0.478 e. The van der Waals surface area contributed by atoms with Crippen molar-refractivity contribution in [1.82, 2.24) is 25.3 Å². The summed E-state index contributed by atoms with van der Waals surface area (Å²) in [7, 11) is 0. The van der Waals surface area contributed by atoms with E-state index in [0.29, 0.717) is 22.8 Å². The first-order chi connectivity index (χ1) is 9.63. The first-order valence-corrected chi connectivity index (χ1v) is 5.71. The Labute approximate surface area is 112 Å². The van der Waals surface area contributed by atoms with Crippen molar-refractivity contribution >= 4 is 11.6 Å². The van der Waals surface area contributed by atoms with Gasteiger partial charge in [-0.25, -0.2) is 4.79 Å². The van der Waals surface area contributed by atoms with Gasteiger partial charge in [0.2, 0.25) is 5.88 Å². The van der Waals surface area contributed by atoms with E-state index in [0.717, 1.165) is 0 Å². The van der Waals surface area contributed by atoms with Crippen molar-refractivity contribution in [1.29, 1.82) is 0 Å². The van der Waals surface area contributed by atoms with Crippen LogP contribution >= 0.6 is 0 Å². The van der Waals surface area contributed by atoms with Crippen molar-refractivity contribution in [3.63, 3.8) is 0 Å². The molecule has 1 N–H and O–H groups in total. The Kier molecular flexibility index (Phi) is 2.75. The van der Waals surface area contributed by atoms with E-state index in [4.69, 9.17) is 9.84 Å². The van der Waals surface area contributed by atoms with Gasteiger partial charge in [-0.2, -0.15) is 0 Å². The summed E-state index contributed by atoms with van der Waals surface area (Å²) in [5.41, 5.74) is 1.36. The summed E-state index contributed by atoms with van der Waals surface area (Å²) < 4.78 is 6.79. The third kappa shape index (κ3) is 2.14. The minimum absolute atomic E-state index is 0.237. The fourth-order valence-electron chi connectivity index (χ4n) is 1.75. The lowest BCUT2D eigenvalue weighted by Crippen LogP contribution is -2.00. The smallest absolute Gasteiger partial charge is 0.335 e. The predicted octanol–water partition coefficient (Wildman–Crippen LogP) is 1.32. The average Bonchev–Trinajstić information content (AvgIpc) is 2.85. The van der Waals surface area contributed by atoms with Gasteiger partial charge in [-0.1, -0.05) is 0 Å². The number of hydrogen-bond donors (Lipinski definition) is 1. The molecule has 0 saturated carbocycles. The van der Waals surface area contributed by atoms with Gasteiger partial charge in [0, 0.05) is 6.07 Å². The average molecular weight is 271 g/mol. The van der Waals surface area contributed by atoms with Crippen LogP contribution in [-0.2, 0) is 0 Å². The van der Waals surface area contributed by atoms with Crippen molar-refractivity contribution in [2.45, 2.75) is 6.92 Å². The third-order valence-electron chi connectivity index (χ3n) is 2.70. The van der Waals surface area contributed by atoms with Crippen LogP contribution in [0.5, 0.6) is 11.6 Å². The number of aromatic nitrogens is 5. The van der Waals surface area contributed by atoms with Gasteiger partial charge in [-0.15, -0.1) is 14.8 Å². The fraction of sp³-hybridized carbons (Fsp3) is 0.0833. The number of fused-ring (bicyclic) bond motifs is 1. The number of ether oxygens (including phenoxy) is 1. The van der Waals surface area contributed by atoms with Crippen molar-refractivity contribution in [3.05, 3.63) is 41.5 Å². The zero-order valence-electron chi connectivity index (χ0n) is 10.4. The Morgan fingerprint density at radius 1 is 1.30 bits per heavy atom. The zero-order chi connectivity index (χ0) is 14.1. The summed E-state index contributed by atoms with van der Waals surface area (Å²) in [6, 6.07) is 7.99. The first-order valence-electron chi connectivity index (χ1n) is 5.71. The first kappa shape index (κ1) is 12.0. The molecule has 2 aromatic heterocycles. The van der Waals surface area contributed by atoms with E-state index < -0.39 is 5.97 Å². The Morgan fingerprint density at radius 3 is 2.90 bits per heavy atom. The summed E-state index contributed by atoms with van der Waals surface area (Å²) in [6.45, 7) is 1.70. The molecular formula is C12H9N5O3. The predicted molar refractivity (Wildman–Crippen MR) is 66.8 cm³/mol. The van der Waals surface area contributed by atoms with Crippen LogP contribution in [0.4, 0.5) is 0 Å². The third-order valence-corrected chi connectivity index (χ3v) is 2.70.